The van der Waals surface area contributed by atoms with Gasteiger partial charge in [-0.1, -0.05) is 6.07 Å². The van der Waals surface area contributed by atoms with Crippen LogP contribution >= 0.6 is 0 Å². The van der Waals surface area contributed by atoms with Crippen molar-refractivity contribution < 1.29 is 0 Å². The quantitative estimate of drug-likeness (QED) is 0.789. The van der Waals surface area contributed by atoms with Gasteiger partial charge in [-0.25, -0.2) is 4.98 Å². The highest BCUT2D eigenvalue weighted by atomic mass is 16.1. The Bertz CT molecular complexity index is 628. The summed E-state index contributed by atoms with van der Waals surface area (Å²) in [6, 6.07) is 5.47. The molecule has 94 valence electrons. The summed E-state index contributed by atoms with van der Waals surface area (Å²) in [5.41, 5.74) is 1.75. The number of aromatic nitrogens is 2. The summed E-state index contributed by atoms with van der Waals surface area (Å²) in [4.78, 5) is 18.9. The van der Waals surface area contributed by atoms with Gasteiger partial charge in [0.05, 0.1) is 0 Å². The minimum absolute atomic E-state index is 0.0165. The predicted molar refractivity (Wildman–Crippen MR) is 71.3 cm³/mol. The van der Waals surface area contributed by atoms with E-state index in [1.807, 2.05) is 19.1 Å². The van der Waals surface area contributed by atoms with Gasteiger partial charge in [0.1, 0.15) is 11.5 Å². The third kappa shape index (κ3) is 1.86. The minimum atomic E-state index is -0.0165. The second kappa shape index (κ2) is 4.42. The molecule has 0 saturated carbocycles. The van der Waals surface area contributed by atoms with E-state index in [1.165, 1.54) is 0 Å². The molecule has 0 unspecified atom stereocenters. The maximum absolute atomic E-state index is 12.1. The fourth-order valence-corrected chi connectivity index (χ4v) is 2.31. The molecule has 1 saturated heterocycles. The summed E-state index contributed by atoms with van der Waals surface area (Å²) in [6.07, 6.45) is 1.76. The highest BCUT2D eigenvalue weighted by Crippen LogP contribution is 2.12. The molecule has 2 aromatic heterocycles. The third-order valence-electron chi connectivity index (χ3n) is 3.31. The third-order valence-corrected chi connectivity index (χ3v) is 3.31. The van der Waals surface area contributed by atoms with Gasteiger partial charge in [0.2, 0.25) is 0 Å². The van der Waals surface area contributed by atoms with Crippen molar-refractivity contribution in [1.29, 1.82) is 0 Å². The van der Waals surface area contributed by atoms with E-state index < -0.39 is 0 Å². The largest absolute Gasteiger partial charge is 0.354 e. The molecule has 0 atom stereocenters. The topological polar surface area (TPSA) is 49.6 Å². The van der Waals surface area contributed by atoms with Crippen molar-refractivity contribution in [2.24, 2.45) is 0 Å². The molecule has 0 bridgehead atoms. The Morgan fingerprint density at radius 1 is 1.33 bits per heavy atom. The Labute approximate surface area is 105 Å². The number of piperazine rings is 1. The van der Waals surface area contributed by atoms with Gasteiger partial charge in [-0.15, -0.1) is 0 Å². The van der Waals surface area contributed by atoms with E-state index >= 15 is 0 Å². The van der Waals surface area contributed by atoms with Crippen LogP contribution in [0.1, 0.15) is 5.56 Å². The predicted octanol–water partition coefficient (Wildman–Crippen LogP) is 0.413. The highest BCUT2D eigenvalue weighted by Gasteiger charge is 2.13. The molecule has 1 fully saturated rings. The fourth-order valence-electron chi connectivity index (χ4n) is 2.31. The molecule has 0 radical (unpaired) electrons. The van der Waals surface area contributed by atoms with E-state index in [4.69, 9.17) is 0 Å². The summed E-state index contributed by atoms with van der Waals surface area (Å²) in [7, 11) is 0. The lowest BCUT2D eigenvalue weighted by molar-refractivity contribution is 0.584. The Morgan fingerprint density at radius 2 is 2.11 bits per heavy atom. The number of fused-ring (bicyclic) bond motifs is 1. The molecule has 0 amide bonds. The molecule has 1 N–H and O–H groups in total. The van der Waals surface area contributed by atoms with Crippen molar-refractivity contribution in [1.82, 2.24) is 14.7 Å². The maximum Gasteiger partial charge on any atom is 0.259 e. The number of rotatable bonds is 1. The van der Waals surface area contributed by atoms with E-state index in [9.17, 15) is 4.79 Å². The zero-order valence-corrected chi connectivity index (χ0v) is 10.4. The molecule has 2 aromatic rings. The van der Waals surface area contributed by atoms with Crippen LogP contribution in [0.25, 0.3) is 5.65 Å². The lowest BCUT2D eigenvalue weighted by Gasteiger charge is -2.28. The summed E-state index contributed by atoms with van der Waals surface area (Å²) in [6.45, 7) is 5.65. The van der Waals surface area contributed by atoms with Gasteiger partial charge in [-0.3, -0.25) is 9.20 Å². The normalized spacial score (nSPS) is 16.2. The molecule has 1 aliphatic heterocycles. The smallest absolute Gasteiger partial charge is 0.259 e. The van der Waals surface area contributed by atoms with Crippen LogP contribution in [0, 0.1) is 6.92 Å². The Kier molecular flexibility index (Phi) is 2.76. The van der Waals surface area contributed by atoms with E-state index in [0.717, 1.165) is 43.2 Å². The molecular weight excluding hydrogens is 228 g/mol. The van der Waals surface area contributed by atoms with E-state index in [2.05, 4.69) is 15.2 Å². The van der Waals surface area contributed by atoms with E-state index in [0.29, 0.717) is 0 Å². The Hall–Kier alpha value is -1.88. The number of anilines is 1. The second-order valence-electron chi connectivity index (χ2n) is 4.57. The highest BCUT2D eigenvalue weighted by molar-refractivity contribution is 5.53. The van der Waals surface area contributed by atoms with Gasteiger partial charge in [-0.05, 0) is 18.6 Å². The number of pyridine rings is 1. The number of nitrogens with zero attached hydrogens (tertiary/aromatic N) is 3. The zero-order valence-electron chi connectivity index (χ0n) is 10.4. The molecule has 0 spiro atoms. The molecular formula is C13H16N4O. The van der Waals surface area contributed by atoms with Crippen LogP contribution in [0.3, 0.4) is 0 Å². The summed E-state index contributed by atoms with van der Waals surface area (Å²) < 4.78 is 1.60. The van der Waals surface area contributed by atoms with E-state index in [1.54, 1.807) is 16.7 Å². The van der Waals surface area contributed by atoms with Gasteiger partial charge in [-0.2, -0.15) is 0 Å². The van der Waals surface area contributed by atoms with Crippen LogP contribution in [0.15, 0.2) is 29.2 Å². The standard InChI is InChI=1S/C13H16N4O/c1-10-3-2-6-17-12(18)9-11(15-13(10)17)16-7-4-14-5-8-16/h2-3,6,9,14H,4-5,7-8H2,1H3. The van der Waals surface area contributed by atoms with Gasteiger partial charge in [0.25, 0.3) is 5.56 Å². The maximum atomic E-state index is 12.1. The first-order valence-corrected chi connectivity index (χ1v) is 6.20. The first kappa shape index (κ1) is 11.2. The summed E-state index contributed by atoms with van der Waals surface area (Å²) in [5, 5.41) is 3.29. The molecule has 1 aliphatic rings. The van der Waals surface area contributed by atoms with Crippen molar-refractivity contribution in [2.45, 2.75) is 6.92 Å². The minimum Gasteiger partial charge on any atom is -0.354 e. The first-order chi connectivity index (χ1) is 8.75. The fraction of sp³-hybridized carbons (Fsp3) is 0.385. The average molecular weight is 244 g/mol. The van der Waals surface area contributed by atoms with Gasteiger partial charge in [0.15, 0.2) is 0 Å². The molecule has 18 heavy (non-hydrogen) atoms. The molecule has 3 rings (SSSR count). The number of hydrogen-bond donors (Lipinski definition) is 1. The molecule has 5 nitrogen and oxygen atoms in total. The van der Waals surface area contributed by atoms with Gasteiger partial charge in [0, 0.05) is 38.4 Å². The van der Waals surface area contributed by atoms with Gasteiger partial charge >= 0.3 is 0 Å². The van der Waals surface area contributed by atoms with Crippen molar-refractivity contribution in [2.75, 3.05) is 31.1 Å². The average Bonchev–Trinajstić information content (AvgIpc) is 2.41. The van der Waals surface area contributed by atoms with E-state index in [-0.39, 0.29) is 5.56 Å². The van der Waals surface area contributed by atoms with Gasteiger partial charge < -0.3 is 10.2 Å². The van der Waals surface area contributed by atoms with Crippen LogP contribution in [0.2, 0.25) is 0 Å². The van der Waals surface area contributed by atoms with Crippen LogP contribution < -0.4 is 15.8 Å². The van der Waals surface area contributed by atoms with Crippen molar-refractivity contribution >= 4 is 11.5 Å². The van der Waals surface area contributed by atoms with Crippen molar-refractivity contribution in [3.05, 3.63) is 40.3 Å². The van der Waals surface area contributed by atoms with Crippen LogP contribution in [0.5, 0.6) is 0 Å². The van der Waals surface area contributed by atoms with Crippen LogP contribution in [-0.2, 0) is 0 Å². The molecule has 0 aliphatic carbocycles. The Balaban J connectivity index is 2.14. The zero-order chi connectivity index (χ0) is 12.5. The number of aryl methyl sites for hydroxylation is 1. The number of nitrogens with one attached hydrogen (secondary N) is 1. The number of hydrogen-bond acceptors (Lipinski definition) is 4. The summed E-state index contributed by atoms with van der Waals surface area (Å²) >= 11 is 0. The van der Waals surface area contributed by atoms with Crippen molar-refractivity contribution in [3.8, 4) is 0 Å². The summed E-state index contributed by atoms with van der Waals surface area (Å²) in [5.74, 6) is 0.788. The first-order valence-electron chi connectivity index (χ1n) is 6.20. The lowest BCUT2D eigenvalue weighted by Crippen LogP contribution is -2.44. The van der Waals surface area contributed by atoms with Crippen LogP contribution in [0.4, 0.5) is 5.82 Å². The molecule has 3 heterocycles. The Morgan fingerprint density at radius 3 is 2.89 bits per heavy atom. The van der Waals surface area contributed by atoms with Crippen LogP contribution in [-0.4, -0.2) is 35.6 Å². The molecule has 0 aromatic carbocycles. The lowest BCUT2D eigenvalue weighted by atomic mass is 10.3. The second-order valence-corrected chi connectivity index (χ2v) is 4.57. The van der Waals surface area contributed by atoms with Crippen molar-refractivity contribution in [3.63, 3.8) is 0 Å². The monoisotopic (exact) mass is 244 g/mol. The SMILES string of the molecule is Cc1cccn2c(=O)cc(N3CCNCC3)nc12. The molecule has 5 heteroatoms.